The van der Waals surface area contributed by atoms with Crippen LogP contribution in [0.1, 0.15) is 51.9 Å². The van der Waals surface area contributed by atoms with Gasteiger partial charge in [0, 0.05) is 0 Å². The van der Waals surface area contributed by atoms with Crippen LogP contribution in [0, 0.1) is 0 Å². The lowest BCUT2D eigenvalue weighted by Crippen LogP contribution is -2.30. The molecular formula is C13H28OSi. The van der Waals surface area contributed by atoms with Crippen LogP contribution < -0.4 is 0 Å². The Labute approximate surface area is 96.6 Å². The van der Waals surface area contributed by atoms with Gasteiger partial charge in [-0.25, -0.2) is 0 Å². The van der Waals surface area contributed by atoms with Crippen LogP contribution >= 0.6 is 0 Å². The molecule has 0 unspecified atom stereocenters. The number of ether oxygens (including phenoxy) is 1. The van der Waals surface area contributed by atoms with Gasteiger partial charge in [0.2, 0.25) is 0 Å². The molecule has 0 aliphatic carbocycles. The fourth-order valence-corrected chi connectivity index (χ4v) is 4.12. The zero-order valence-electron chi connectivity index (χ0n) is 11.0. The van der Waals surface area contributed by atoms with Gasteiger partial charge in [-0.1, -0.05) is 65.1 Å². The molecule has 1 aliphatic rings. The summed E-state index contributed by atoms with van der Waals surface area (Å²) in [5.74, 6) is 0. The third-order valence-corrected chi connectivity index (χ3v) is 5.49. The van der Waals surface area contributed by atoms with Crippen molar-refractivity contribution in [3.8, 4) is 0 Å². The van der Waals surface area contributed by atoms with Crippen molar-refractivity contribution in [2.75, 3.05) is 0 Å². The van der Waals surface area contributed by atoms with E-state index in [1.54, 1.807) is 0 Å². The molecule has 2 atom stereocenters. The normalized spacial score (nSPS) is 25.6. The number of rotatable bonds is 8. The summed E-state index contributed by atoms with van der Waals surface area (Å²) in [7, 11) is -0.990. The number of unbranched alkanes of at least 4 members (excludes halogenated alkanes) is 5. The van der Waals surface area contributed by atoms with Gasteiger partial charge < -0.3 is 4.74 Å². The summed E-state index contributed by atoms with van der Waals surface area (Å²) < 4.78 is 5.77. The van der Waals surface area contributed by atoms with Crippen LogP contribution in [0.15, 0.2) is 0 Å². The minimum Gasteiger partial charge on any atom is -0.373 e. The van der Waals surface area contributed by atoms with E-state index in [1.807, 2.05) is 0 Å². The molecule has 0 N–H and O–H groups in total. The molecule has 0 aromatic heterocycles. The van der Waals surface area contributed by atoms with Crippen LogP contribution in [0.5, 0.6) is 0 Å². The van der Waals surface area contributed by atoms with Gasteiger partial charge in [-0.3, -0.25) is 0 Å². The molecule has 0 aromatic carbocycles. The minimum atomic E-state index is -0.990. The highest BCUT2D eigenvalue weighted by Gasteiger charge is 2.47. The van der Waals surface area contributed by atoms with E-state index in [-0.39, 0.29) is 0 Å². The van der Waals surface area contributed by atoms with Gasteiger partial charge in [-0.05, 0) is 6.42 Å². The molecule has 90 valence electrons. The van der Waals surface area contributed by atoms with Crippen LogP contribution in [0.2, 0.25) is 19.6 Å². The van der Waals surface area contributed by atoms with Crippen molar-refractivity contribution in [2.45, 2.75) is 83.3 Å². The summed E-state index contributed by atoms with van der Waals surface area (Å²) in [6, 6.07) is 0. The van der Waals surface area contributed by atoms with Gasteiger partial charge in [0.05, 0.1) is 19.9 Å². The molecule has 1 fully saturated rings. The van der Waals surface area contributed by atoms with E-state index < -0.39 is 8.07 Å². The molecular weight excluding hydrogens is 200 g/mol. The molecule has 0 saturated carbocycles. The van der Waals surface area contributed by atoms with E-state index in [2.05, 4.69) is 26.6 Å². The lowest BCUT2D eigenvalue weighted by molar-refractivity contribution is 0.377. The smallest absolute Gasteiger partial charge is 0.0819 e. The number of hydrogen-bond donors (Lipinski definition) is 0. The zero-order chi connectivity index (χ0) is 11.3. The second-order valence-corrected chi connectivity index (χ2v) is 11.3. The van der Waals surface area contributed by atoms with E-state index in [0.717, 1.165) is 0 Å². The largest absolute Gasteiger partial charge is 0.373 e. The highest BCUT2D eigenvalue weighted by molar-refractivity contribution is 6.78. The zero-order valence-corrected chi connectivity index (χ0v) is 12.0. The van der Waals surface area contributed by atoms with Gasteiger partial charge >= 0.3 is 0 Å². The first-order chi connectivity index (χ1) is 7.05. The SMILES string of the molecule is CCCCCCCC[C@@H]1O[C@@H]1[Si](C)(C)C. The van der Waals surface area contributed by atoms with Crippen LogP contribution in [0.25, 0.3) is 0 Å². The third kappa shape index (κ3) is 5.16. The van der Waals surface area contributed by atoms with Gasteiger partial charge in [0.1, 0.15) is 0 Å². The standard InChI is InChI=1S/C13H28OSi/c1-5-6-7-8-9-10-11-12-13(14-12)15(2,3)4/h12-13H,5-11H2,1-4H3/t12-,13+/m0/s1. The van der Waals surface area contributed by atoms with Crippen molar-refractivity contribution in [1.29, 1.82) is 0 Å². The summed E-state index contributed by atoms with van der Waals surface area (Å²) in [5, 5.41) is 0. The molecule has 0 radical (unpaired) electrons. The topological polar surface area (TPSA) is 12.5 Å². The number of hydrogen-bond acceptors (Lipinski definition) is 1. The molecule has 1 aliphatic heterocycles. The molecule has 1 heterocycles. The Morgan fingerprint density at radius 3 is 2.07 bits per heavy atom. The van der Waals surface area contributed by atoms with Crippen molar-refractivity contribution in [1.82, 2.24) is 0 Å². The molecule has 1 rings (SSSR count). The first-order valence-electron chi connectivity index (χ1n) is 6.71. The monoisotopic (exact) mass is 228 g/mol. The average Bonchev–Trinajstić information content (AvgIpc) is 2.89. The quantitative estimate of drug-likeness (QED) is 0.341. The van der Waals surface area contributed by atoms with E-state index in [1.165, 1.54) is 44.9 Å². The molecule has 0 amide bonds. The van der Waals surface area contributed by atoms with Gasteiger partial charge in [-0.2, -0.15) is 0 Å². The average molecular weight is 228 g/mol. The van der Waals surface area contributed by atoms with Crippen molar-refractivity contribution in [3.05, 3.63) is 0 Å². The van der Waals surface area contributed by atoms with E-state index >= 15 is 0 Å². The first-order valence-corrected chi connectivity index (χ1v) is 10.3. The predicted molar refractivity (Wildman–Crippen MR) is 70.0 cm³/mol. The second kappa shape index (κ2) is 6.05. The van der Waals surface area contributed by atoms with E-state index in [4.69, 9.17) is 4.74 Å². The Bertz CT molecular complexity index is 174. The highest BCUT2D eigenvalue weighted by Crippen LogP contribution is 2.34. The summed E-state index contributed by atoms with van der Waals surface area (Å²) in [6.45, 7) is 9.52. The van der Waals surface area contributed by atoms with Crippen molar-refractivity contribution in [3.63, 3.8) is 0 Å². The maximum atomic E-state index is 5.77. The molecule has 1 saturated heterocycles. The summed E-state index contributed by atoms with van der Waals surface area (Å²) in [4.78, 5) is 0. The Morgan fingerprint density at radius 1 is 0.933 bits per heavy atom. The molecule has 0 bridgehead atoms. The van der Waals surface area contributed by atoms with Crippen molar-refractivity contribution >= 4 is 8.07 Å². The van der Waals surface area contributed by atoms with Gasteiger partial charge in [0.25, 0.3) is 0 Å². The Balaban J connectivity index is 1.91. The molecule has 0 spiro atoms. The van der Waals surface area contributed by atoms with Gasteiger partial charge in [-0.15, -0.1) is 0 Å². The first kappa shape index (κ1) is 13.2. The van der Waals surface area contributed by atoms with E-state index in [0.29, 0.717) is 11.8 Å². The van der Waals surface area contributed by atoms with Gasteiger partial charge in [0.15, 0.2) is 0 Å². The third-order valence-electron chi connectivity index (χ3n) is 3.28. The molecule has 15 heavy (non-hydrogen) atoms. The maximum absolute atomic E-state index is 5.77. The second-order valence-electron chi connectivity index (χ2n) is 6.02. The predicted octanol–water partition coefficient (Wildman–Crippen LogP) is 4.38. The highest BCUT2D eigenvalue weighted by atomic mass is 28.3. The Kier molecular flexibility index (Phi) is 5.34. The fraction of sp³-hybridized carbons (Fsp3) is 1.00. The minimum absolute atomic E-state index is 0.642. The van der Waals surface area contributed by atoms with Crippen LogP contribution in [0.3, 0.4) is 0 Å². The Hall–Kier alpha value is 0.177. The lowest BCUT2D eigenvalue weighted by Gasteiger charge is -2.11. The van der Waals surface area contributed by atoms with Crippen LogP contribution in [-0.4, -0.2) is 19.9 Å². The van der Waals surface area contributed by atoms with Crippen LogP contribution in [0.4, 0.5) is 0 Å². The van der Waals surface area contributed by atoms with Crippen molar-refractivity contribution in [2.24, 2.45) is 0 Å². The van der Waals surface area contributed by atoms with Crippen molar-refractivity contribution < 1.29 is 4.74 Å². The molecule has 2 heteroatoms. The van der Waals surface area contributed by atoms with E-state index in [9.17, 15) is 0 Å². The van der Waals surface area contributed by atoms with Crippen LogP contribution in [-0.2, 0) is 4.74 Å². The lowest BCUT2D eigenvalue weighted by atomic mass is 10.1. The molecule has 1 nitrogen and oxygen atoms in total. The Morgan fingerprint density at radius 2 is 1.53 bits per heavy atom. The number of epoxide rings is 1. The fourth-order valence-electron chi connectivity index (χ4n) is 2.25. The summed E-state index contributed by atoms with van der Waals surface area (Å²) >= 11 is 0. The maximum Gasteiger partial charge on any atom is 0.0819 e. The summed E-state index contributed by atoms with van der Waals surface area (Å²) in [5.41, 5.74) is 0.674. The molecule has 0 aromatic rings. The summed E-state index contributed by atoms with van der Waals surface area (Å²) in [6.07, 6.45) is 10.4.